The highest BCUT2D eigenvalue weighted by Crippen LogP contribution is 2.36. The van der Waals surface area contributed by atoms with Gasteiger partial charge in [0.1, 0.15) is 11.5 Å². The number of para-hydroxylation sites is 1. The molecule has 5 nitrogen and oxygen atoms in total. The van der Waals surface area contributed by atoms with Gasteiger partial charge in [0.2, 0.25) is 0 Å². The summed E-state index contributed by atoms with van der Waals surface area (Å²) in [6.07, 6.45) is 1.60. The van der Waals surface area contributed by atoms with E-state index in [1.54, 1.807) is 48.5 Å². The maximum absolute atomic E-state index is 13.2. The lowest BCUT2D eigenvalue weighted by Crippen LogP contribution is -2.11. The highest BCUT2D eigenvalue weighted by molar-refractivity contribution is 6.06. The number of hydrogen-bond donors (Lipinski definition) is 0. The average Bonchev–Trinajstić information content (AvgIpc) is 3.58. The number of Topliss-reactive ketones (excluding diaryl/α,β-unsaturated/α-hetero) is 2. The molecular formula is C44H36N2O3. The molecule has 0 atom stereocenters. The van der Waals surface area contributed by atoms with Gasteiger partial charge in [-0.05, 0) is 115 Å². The van der Waals surface area contributed by atoms with E-state index in [0.717, 1.165) is 46.0 Å². The maximum Gasteiger partial charge on any atom is 0.167 e. The number of nitrogens with zero attached hydrogens (tertiary/aromatic N) is 2. The van der Waals surface area contributed by atoms with Gasteiger partial charge < -0.3 is 9.64 Å². The molecule has 6 aromatic rings. The Bertz CT molecular complexity index is 2130. The minimum Gasteiger partial charge on any atom is -0.457 e. The molecular weight excluding hydrogens is 604 g/mol. The Kier molecular flexibility index (Phi) is 8.98. The van der Waals surface area contributed by atoms with Crippen LogP contribution in [-0.4, -0.2) is 17.3 Å². The Hall–Kier alpha value is -6.07. The van der Waals surface area contributed by atoms with Gasteiger partial charge in [-0.15, -0.1) is 0 Å². The minimum absolute atomic E-state index is 0.0321. The number of anilines is 3. The summed E-state index contributed by atoms with van der Waals surface area (Å²) < 4.78 is 5.93. The van der Waals surface area contributed by atoms with Gasteiger partial charge in [0.15, 0.2) is 11.6 Å². The van der Waals surface area contributed by atoms with Crippen molar-refractivity contribution in [2.24, 2.45) is 4.99 Å². The number of benzene rings is 6. The predicted molar refractivity (Wildman–Crippen MR) is 198 cm³/mol. The molecule has 7 rings (SSSR count). The topological polar surface area (TPSA) is 59.0 Å². The smallest absolute Gasteiger partial charge is 0.167 e. The molecule has 0 bridgehead atoms. The number of ketones is 2. The summed E-state index contributed by atoms with van der Waals surface area (Å²) >= 11 is 0. The number of aryl methyl sites for hydroxylation is 1. The van der Waals surface area contributed by atoms with Gasteiger partial charge in [-0.25, -0.2) is 0 Å². The molecule has 0 radical (unpaired) electrons. The molecule has 0 unspecified atom stereocenters. The Morgan fingerprint density at radius 2 is 1.16 bits per heavy atom. The second kappa shape index (κ2) is 14.0. The SMILES string of the molecule is CCC(=O)c1ccc(Oc2ccc(C(=O)Cc3ccc(N(c4ccc(C)cc4)c4ccc(C5=Nc6ccccc6C5)cc4)cc3)cc2)cc1. The van der Waals surface area contributed by atoms with Crippen molar-refractivity contribution in [3.63, 3.8) is 0 Å². The van der Waals surface area contributed by atoms with Crippen LogP contribution in [0, 0.1) is 6.92 Å². The van der Waals surface area contributed by atoms with Crippen LogP contribution in [0.25, 0.3) is 0 Å². The van der Waals surface area contributed by atoms with E-state index in [9.17, 15) is 9.59 Å². The van der Waals surface area contributed by atoms with E-state index >= 15 is 0 Å². The highest BCUT2D eigenvalue weighted by Gasteiger charge is 2.18. The zero-order chi connectivity index (χ0) is 33.7. The van der Waals surface area contributed by atoms with E-state index in [1.165, 1.54) is 11.1 Å². The molecule has 5 heteroatoms. The average molecular weight is 641 g/mol. The van der Waals surface area contributed by atoms with Crippen LogP contribution < -0.4 is 9.64 Å². The Morgan fingerprint density at radius 1 is 0.633 bits per heavy atom. The van der Waals surface area contributed by atoms with Crippen LogP contribution in [0.3, 0.4) is 0 Å². The number of carbonyl (C=O) groups excluding carboxylic acids is 2. The van der Waals surface area contributed by atoms with Gasteiger partial charge in [0.25, 0.3) is 0 Å². The van der Waals surface area contributed by atoms with Crippen molar-refractivity contribution in [1.29, 1.82) is 0 Å². The van der Waals surface area contributed by atoms with Gasteiger partial charge in [-0.3, -0.25) is 14.6 Å². The zero-order valence-corrected chi connectivity index (χ0v) is 27.6. The van der Waals surface area contributed by atoms with Crippen molar-refractivity contribution >= 4 is 40.0 Å². The molecule has 1 heterocycles. The molecule has 0 spiro atoms. The van der Waals surface area contributed by atoms with Gasteiger partial charge in [0.05, 0.1) is 11.4 Å². The normalized spacial score (nSPS) is 11.8. The summed E-state index contributed by atoms with van der Waals surface area (Å²) in [4.78, 5) is 32.2. The van der Waals surface area contributed by atoms with Gasteiger partial charge in [0, 0.05) is 47.5 Å². The number of carbonyl (C=O) groups is 2. The summed E-state index contributed by atoms with van der Waals surface area (Å²) in [5.74, 6) is 1.39. The molecule has 0 amide bonds. The van der Waals surface area contributed by atoms with Gasteiger partial charge in [-0.1, -0.05) is 67.1 Å². The number of ether oxygens (including phenoxy) is 1. The molecule has 49 heavy (non-hydrogen) atoms. The number of aliphatic imine (C=N–C) groups is 1. The first-order valence-corrected chi connectivity index (χ1v) is 16.6. The van der Waals surface area contributed by atoms with E-state index < -0.39 is 0 Å². The first kappa shape index (κ1) is 31.5. The summed E-state index contributed by atoms with van der Waals surface area (Å²) in [7, 11) is 0. The van der Waals surface area contributed by atoms with Crippen molar-refractivity contribution in [3.8, 4) is 11.5 Å². The summed E-state index contributed by atoms with van der Waals surface area (Å²) in [5.41, 5.74) is 11.1. The second-order valence-corrected chi connectivity index (χ2v) is 12.3. The van der Waals surface area contributed by atoms with Crippen LogP contribution >= 0.6 is 0 Å². The summed E-state index contributed by atoms with van der Waals surface area (Å²) in [5, 5.41) is 0. The van der Waals surface area contributed by atoms with Crippen molar-refractivity contribution in [2.75, 3.05) is 4.90 Å². The fourth-order valence-corrected chi connectivity index (χ4v) is 6.05. The summed E-state index contributed by atoms with van der Waals surface area (Å²) in [6, 6.07) is 47.9. The fourth-order valence-electron chi connectivity index (χ4n) is 6.05. The molecule has 1 aliphatic heterocycles. The highest BCUT2D eigenvalue weighted by atomic mass is 16.5. The quantitative estimate of drug-likeness (QED) is 0.132. The molecule has 0 N–H and O–H groups in total. The van der Waals surface area contributed by atoms with Crippen LogP contribution in [0.15, 0.2) is 151 Å². The molecule has 0 saturated carbocycles. The first-order valence-electron chi connectivity index (χ1n) is 16.6. The maximum atomic E-state index is 13.2. The molecule has 0 saturated heterocycles. The fraction of sp³-hybridized carbons (Fsp3) is 0.114. The third kappa shape index (κ3) is 7.12. The number of fused-ring (bicyclic) bond motifs is 1. The molecule has 1 aliphatic rings. The van der Waals surface area contributed by atoms with E-state index in [1.807, 2.05) is 25.1 Å². The van der Waals surface area contributed by atoms with Gasteiger partial charge in [-0.2, -0.15) is 0 Å². The largest absolute Gasteiger partial charge is 0.457 e. The lowest BCUT2D eigenvalue weighted by Gasteiger charge is -2.26. The third-order valence-corrected chi connectivity index (χ3v) is 8.82. The van der Waals surface area contributed by atoms with Crippen LogP contribution in [0.1, 0.15) is 56.3 Å². The van der Waals surface area contributed by atoms with Crippen molar-refractivity contribution < 1.29 is 14.3 Å². The van der Waals surface area contributed by atoms with E-state index in [2.05, 4.69) is 90.7 Å². The van der Waals surface area contributed by atoms with Crippen LogP contribution in [0.5, 0.6) is 11.5 Å². The monoisotopic (exact) mass is 640 g/mol. The third-order valence-electron chi connectivity index (χ3n) is 8.82. The zero-order valence-electron chi connectivity index (χ0n) is 27.6. The van der Waals surface area contributed by atoms with E-state index in [-0.39, 0.29) is 18.0 Å². The summed E-state index contributed by atoms with van der Waals surface area (Å²) in [6.45, 7) is 3.93. The van der Waals surface area contributed by atoms with Crippen molar-refractivity contribution in [3.05, 3.63) is 179 Å². The van der Waals surface area contributed by atoms with Crippen LogP contribution in [0.2, 0.25) is 0 Å². The number of hydrogen-bond acceptors (Lipinski definition) is 5. The molecule has 0 aromatic heterocycles. The standard InChI is InChI=1S/C44H36N2O3/c1-3-43(47)33-14-24-39(25-15-33)49-40-26-16-34(17-27-40)44(48)28-31-10-20-37(21-11-31)46(36-18-8-30(2)9-19-36)38-22-12-32(13-23-38)42-29-35-6-4-5-7-41(35)45-42/h4-27H,3,28-29H2,1-2H3. The lowest BCUT2D eigenvalue weighted by molar-refractivity contribution is 0.0982. The molecule has 6 aromatic carbocycles. The van der Waals surface area contributed by atoms with Crippen molar-refractivity contribution in [2.45, 2.75) is 33.1 Å². The van der Waals surface area contributed by atoms with E-state index in [4.69, 9.17) is 9.73 Å². The van der Waals surface area contributed by atoms with Gasteiger partial charge >= 0.3 is 0 Å². The van der Waals surface area contributed by atoms with Crippen LogP contribution in [0.4, 0.5) is 22.7 Å². The van der Waals surface area contributed by atoms with Crippen molar-refractivity contribution in [1.82, 2.24) is 0 Å². The molecule has 0 fully saturated rings. The predicted octanol–water partition coefficient (Wildman–Crippen LogP) is 11.0. The van der Waals surface area contributed by atoms with Crippen LogP contribution in [-0.2, 0) is 12.8 Å². The molecule has 0 aliphatic carbocycles. The Labute approximate surface area is 287 Å². The second-order valence-electron chi connectivity index (χ2n) is 12.3. The Balaban J connectivity index is 1.05. The minimum atomic E-state index is 0.0321. The van der Waals surface area contributed by atoms with E-state index in [0.29, 0.717) is 29.0 Å². The number of rotatable bonds is 11. The molecule has 240 valence electrons. The lowest BCUT2D eigenvalue weighted by atomic mass is 10.0. The Morgan fingerprint density at radius 3 is 1.73 bits per heavy atom. The first-order chi connectivity index (χ1) is 23.9.